The van der Waals surface area contributed by atoms with Crippen LogP contribution < -0.4 is 4.74 Å². The van der Waals surface area contributed by atoms with Crippen molar-refractivity contribution in [3.05, 3.63) is 42.7 Å². The molecule has 0 amide bonds. The summed E-state index contributed by atoms with van der Waals surface area (Å²) in [5, 5.41) is 0.997. The molecule has 0 saturated heterocycles. The molecule has 3 nitrogen and oxygen atoms in total. The molecule has 0 atom stereocenters. The molecule has 0 N–H and O–H groups in total. The average molecular weight is 268 g/mol. The third kappa shape index (κ3) is 2.67. The normalized spacial score (nSPS) is 22.6. The van der Waals surface area contributed by atoms with Gasteiger partial charge < -0.3 is 4.74 Å². The molecule has 0 radical (unpaired) electrons. The summed E-state index contributed by atoms with van der Waals surface area (Å²) in [6.07, 6.45) is 6.35. The maximum atomic E-state index is 6.12. The first-order valence-corrected chi connectivity index (χ1v) is 7.26. The van der Waals surface area contributed by atoms with Gasteiger partial charge in [-0.05, 0) is 50.7 Å². The van der Waals surface area contributed by atoms with Crippen molar-refractivity contribution in [1.29, 1.82) is 0 Å². The number of rotatable bonds is 3. The minimum Gasteiger partial charge on any atom is -0.474 e. The van der Waals surface area contributed by atoms with Crippen LogP contribution in [-0.2, 0) is 0 Å². The van der Waals surface area contributed by atoms with Crippen LogP contribution in [0.1, 0.15) is 32.6 Å². The molecular formula is C17H20N2O. The highest BCUT2D eigenvalue weighted by Crippen LogP contribution is 2.32. The van der Waals surface area contributed by atoms with E-state index < -0.39 is 0 Å². The summed E-state index contributed by atoms with van der Waals surface area (Å²) in [5.74, 6) is 1.38. The van der Waals surface area contributed by atoms with Gasteiger partial charge in [0.15, 0.2) is 0 Å². The van der Waals surface area contributed by atoms with Crippen LogP contribution in [0.3, 0.4) is 0 Å². The van der Waals surface area contributed by atoms with Crippen molar-refractivity contribution in [2.75, 3.05) is 0 Å². The first kappa shape index (κ1) is 13.1. The lowest BCUT2D eigenvalue weighted by atomic mass is 9.83. The second-order valence-electron chi connectivity index (χ2n) is 5.63. The molecule has 1 aromatic heterocycles. The van der Waals surface area contributed by atoms with E-state index in [1.807, 2.05) is 24.3 Å². The van der Waals surface area contributed by atoms with Gasteiger partial charge in [-0.2, -0.15) is 0 Å². The van der Waals surface area contributed by atoms with Crippen LogP contribution in [0, 0.1) is 5.92 Å². The maximum Gasteiger partial charge on any atom is 0.224 e. The minimum atomic E-state index is 0.268. The van der Waals surface area contributed by atoms with Gasteiger partial charge in [-0.1, -0.05) is 24.3 Å². The molecule has 104 valence electrons. The van der Waals surface area contributed by atoms with Crippen LogP contribution in [-0.4, -0.2) is 16.1 Å². The number of nitrogens with zero attached hydrogens (tertiary/aromatic N) is 2. The number of hydrogen-bond acceptors (Lipinski definition) is 3. The zero-order chi connectivity index (χ0) is 13.9. The van der Waals surface area contributed by atoms with E-state index in [1.165, 1.54) is 18.4 Å². The lowest BCUT2D eigenvalue weighted by molar-refractivity contribution is 0.135. The molecule has 2 aromatic rings. The van der Waals surface area contributed by atoms with Gasteiger partial charge >= 0.3 is 0 Å². The topological polar surface area (TPSA) is 35.0 Å². The number of para-hydroxylation sites is 1. The van der Waals surface area contributed by atoms with Crippen molar-refractivity contribution in [2.24, 2.45) is 5.92 Å². The number of aromatic nitrogens is 2. The molecular weight excluding hydrogens is 248 g/mol. The number of benzene rings is 1. The van der Waals surface area contributed by atoms with Gasteiger partial charge in [0.25, 0.3) is 0 Å². The molecule has 1 heterocycles. The Bertz CT molecular complexity index is 610. The highest BCUT2D eigenvalue weighted by Gasteiger charge is 2.23. The van der Waals surface area contributed by atoms with Gasteiger partial charge in [0, 0.05) is 0 Å². The second kappa shape index (κ2) is 5.61. The molecule has 0 spiro atoms. The Hall–Kier alpha value is -1.90. The summed E-state index contributed by atoms with van der Waals surface area (Å²) in [5.41, 5.74) is 2.24. The van der Waals surface area contributed by atoms with Crippen molar-refractivity contribution in [3.63, 3.8) is 0 Å². The van der Waals surface area contributed by atoms with Gasteiger partial charge in [0.1, 0.15) is 12.4 Å². The molecule has 1 aromatic carbocycles. The Morgan fingerprint density at radius 3 is 2.65 bits per heavy atom. The summed E-state index contributed by atoms with van der Waals surface area (Å²) >= 11 is 0. The van der Waals surface area contributed by atoms with Crippen molar-refractivity contribution in [1.82, 2.24) is 9.97 Å². The fourth-order valence-corrected chi connectivity index (χ4v) is 2.91. The lowest BCUT2D eigenvalue weighted by Gasteiger charge is -2.29. The number of allylic oxidation sites excluding steroid dienone is 1. The van der Waals surface area contributed by atoms with Crippen molar-refractivity contribution < 1.29 is 4.74 Å². The molecule has 3 heteroatoms. The zero-order valence-corrected chi connectivity index (χ0v) is 11.9. The van der Waals surface area contributed by atoms with Crippen molar-refractivity contribution >= 4 is 10.9 Å². The van der Waals surface area contributed by atoms with Crippen molar-refractivity contribution in [3.8, 4) is 5.88 Å². The standard InChI is InChI=1S/C17H20N2O/c1-12(2)13-7-9-14(10-8-13)20-17-15-5-3-4-6-16(15)18-11-19-17/h3-6,11,13-14H,1,7-10H2,2H3/t13-,14+. The Labute approximate surface area is 119 Å². The average Bonchev–Trinajstić information content (AvgIpc) is 2.48. The zero-order valence-electron chi connectivity index (χ0n) is 11.9. The van der Waals surface area contributed by atoms with Gasteiger partial charge in [-0.25, -0.2) is 9.97 Å². The van der Waals surface area contributed by atoms with E-state index in [0.29, 0.717) is 5.92 Å². The number of ether oxygens (including phenoxy) is 1. The summed E-state index contributed by atoms with van der Waals surface area (Å²) in [6.45, 7) is 6.20. The Kier molecular flexibility index (Phi) is 3.68. The Balaban J connectivity index is 1.73. The first-order valence-electron chi connectivity index (χ1n) is 7.26. The highest BCUT2D eigenvalue weighted by molar-refractivity contribution is 5.82. The lowest BCUT2D eigenvalue weighted by Crippen LogP contribution is -2.24. The molecule has 20 heavy (non-hydrogen) atoms. The van der Waals surface area contributed by atoms with Gasteiger partial charge in [0.2, 0.25) is 5.88 Å². The Morgan fingerprint density at radius 1 is 1.15 bits per heavy atom. The van der Waals surface area contributed by atoms with E-state index in [1.54, 1.807) is 6.33 Å². The SMILES string of the molecule is C=C(C)[C@H]1CC[C@@H](Oc2ncnc3ccccc23)CC1. The van der Waals surface area contributed by atoms with Crippen LogP contribution in [0.4, 0.5) is 0 Å². The Morgan fingerprint density at radius 2 is 1.90 bits per heavy atom. The van der Waals surface area contributed by atoms with Crippen LogP contribution >= 0.6 is 0 Å². The molecule has 0 bridgehead atoms. The van der Waals surface area contributed by atoms with E-state index in [-0.39, 0.29) is 6.10 Å². The third-order valence-corrected chi connectivity index (χ3v) is 4.16. The summed E-state index contributed by atoms with van der Waals surface area (Å²) < 4.78 is 6.12. The smallest absolute Gasteiger partial charge is 0.224 e. The molecule has 1 aliphatic rings. The highest BCUT2D eigenvalue weighted by atomic mass is 16.5. The van der Waals surface area contributed by atoms with Gasteiger partial charge in [0.05, 0.1) is 10.9 Å². The minimum absolute atomic E-state index is 0.268. The molecule has 0 aliphatic heterocycles. The molecule has 1 saturated carbocycles. The van der Waals surface area contributed by atoms with Crippen LogP contribution in [0.5, 0.6) is 5.88 Å². The quantitative estimate of drug-likeness (QED) is 0.785. The number of fused-ring (bicyclic) bond motifs is 1. The third-order valence-electron chi connectivity index (χ3n) is 4.16. The monoisotopic (exact) mass is 268 g/mol. The second-order valence-corrected chi connectivity index (χ2v) is 5.63. The molecule has 3 rings (SSSR count). The van der Waals surface area contributed by atoms with Crippen LogP contribution in [0.2, 0.25) is 0 Å². The predicted molar refractivity (Wildman–Crippen MR) is 80.7 cm³/mol. The summed E-state index contributed by atoms with van der Waals surface area (Å²) in [6, 6.07) is 7.99. The van der Waals surface area contributed by atoms with E-state index in [9.17, 15) is 0 Å². The largest absolute Gasteiger partial charge is 0.474 e. The van der Waals surface area contributed by atoms with Crippen LogP contribution in [0.25, 0.3) is 10.9 Å². The molecule has 1 fully saturated rings. The van der Waals surface area contributed by atoms with E-state index >= 15 is 0 Å². The molecule has 1 aliphatic carbocycles. The van der Waals surface area contributed by atoms with E-state index in [4.69, 9.17) is 4.74 Å². The van der Waals surface area contributed by atoms with Gasteiger partial charge in [-0.15, -0.1) is 0 Å². The predicted octanol–water partition coefficient (Wildman–Crippen LogP) is 4.14. The van der Waals surface area contributed by atoms with Crippen LogP contribution in [0.15, 0.2) is 42.7 Å². The first-order chi connectivity index (χ1) is 9.74. The summed E-state index contributed by atoms with van der Waals surface area (Å²) in [7, 11) is 0. The fourth-order valence-electron chi connectivity index (χ4n) is 2.91. The van der Waals surface area contributed by atoms with Crippen molar-refractivity contribution in [2.45, 2.75) is 38.7 Å². The van der Waals surface area contributed by atoms with E-state index in [0.717, 1.165) is 29.6 Å². The fraction of sp³-hybridized carbons (Fsp3) is 0.412. The molecule has 0 unspecified atom stereocenters. The summed E-state index contributed by atoms with van der Waals surface area (Å²) in [4.78, 5) is 8.57. The van der Waals surface area contributed by atoms with E-state index in [2.05, 4.69) is 23.5 Å². The maximum absolute atomic E-state index is 6.12. The number of hydrogen-bond donors (Lipinski definition) is 0. The van der Waals surface area contributed by atoms with Gasteiger partial charge in [-0.3, -0.25) is 0 Å².